The van der Waals surface area contributed by atoms with Crippen molar-refractivity contribution in [3.05, 3.63) is 59.4 Å². The lowest BCUT2D eigenvalue weighted by Gasteiger charge is -2.17. The molecule has 1 fully saturated rings. The number of hydrogen-bond acceptors (Lipinski definition) is 3. The number of anilines is 1. The second kappa shape index (κ2) is 7.13. The normalized spacial score (nSPS) is 18.1. The topological polar surface area (TPSA) is 35.2 Å². The third-order valence-electron chi connectivity index (χ3n) is 5.35. The van der Waals surface area contributed by atoms with Crippen molar-refractivity contribution in [1.82, 2.24) is 14.9 Å². The Balaban J connectivity index is 1.45. The van der Waals surface area contributed by atoms with Gasteiger partial charge in [0.25, 0.3) is 0 Å². The highest BCUT2D eigenvalue weighted by Crippen LogP contribution is 2.32. The zero-order valence-electron chi connectivity index (χ0n) is 15.9. The van der Waals surface area contributed by atoms with Crippen molar-refractivity contribution in [3.63, 3.8) is 0 Å². The maximum atomic E-state index is 12.9. The molecular formula is C21H23F3N4. The largest absolute Gasteiger partial charge is 0.416 e. The minimum Gasteiger partial charge on any atom is -0.378 e. The van der Waals surface area contributed by atoms with Crippen molar-refractivity contribution in [2.45, 2.75) is 25.1 Å². The molecule has 4 rings (SSSR count). The molecule has 1 N–H and O–H groups in total. The second-order valence-electron chi connectivity index (χ2n) is 7.63. The summed E-state index contributed by atoms with van der Waals surface area (Å²) < 4.78 is 38.7. The fraction of sp³-hybridized carbons (Fsp3) is 0.381. The van der Waals surface area contributed by atoms with Gasteiger partial charge in [0.05, 0.1) is 16.6 Å². The predicted molar refractivity (Wildman–Crippen MR) is 104 cm³/mol. The molecule has 1 aliphatic rings. The van der Waals surface area contributed by atoms with E-state index in [-0.39, 0.29) is 5.92 Å². The Labute approximate surface area is 162 Å². The Morgan fingerprint density at radius 2 is 1.89 bits per heavy atom. The molecule has 28 heavy (non-hydrogen) atoms. The van der Waals surface area contributed by atoms with Crippen LogP contribution >= 0.6 is 0 Å². The first-order valence-corrected chi connectivity index (χ1v) is 9.35. The van der Waals surface area contributed by atoms with E-state index >= 15 is 0 Å². The number of imidazole rings is 1. The van der Waals surface area contributed by atoms with Gasteiger partial charge in [-0.3, -0.25) is 4.90 Å². The van der Waals surface area contributed by atoms with Crippen molar-refractivity contribution in [1.29, 1.82) is 0 Å². The lowest BCUT2D eigenvalue weighted by Crippen LogP contribution is -2.20. The first-order valence-electron chi connectivity index (χ1n) is 9.35. The van der Waals surface area contributed by atoms with Crippen LogP contribution in [0.25, 0.3) is 11.0 Å². The van der Waals surface area contributed by atoms with Gasteiger partial charge in [0.1, 0.15) is 5.82 Å². The number of alkyl halides is 3. The molecule has 148 valence electrons. The molecule has 0 bridgehead atoms. The average molecular weight is 388 g/mol. The lowest BCUT2D eigenvalue weighted by molar-refractivity contribution is -0.137. The Hall–Kier alpha value is -2.54. The van der Waals surface area contributed by atoms with E-state index in [1.165, 1.54) is 17.3 Å². The number of nitrogens with zero attached hydrogens (tertiary/aromatic N) is 3. The van der Waals surface area contributed by atoms with E-state index in [1.807, 2.05) is 14.1 Å². The van der Waals surface area contributed by atoms with Gasteiger partial charge in [-0.2, -0.15) is 13.2 Å². The molecule has 0 amide bonds. The number of fused-ring (bicyclic) bond motifs is 1. The van der Waals surface area contributed by atoms with Crippen molar-refractivity contribution in [2.24, 2.45) is 0 Å². The summed E-state index contributed by atoms with van der Waals surface area (Å²) in [5, 5.41) is 0. The van der Waals surface area contributed by atoms with Crippen LogP contribution < -0.4 is 4.90 Å². The molecule has 1 aromatic heterocycles. The zero-order valence-corrected chi connectivity index (χ0v) is 15.9. The van der Waals surface area contributed by atoms with Gasteiger partial charge in [0, 0.05) is 38.8 Å². The molecule has 0 spiro atoms. The van der Waals surface area contributed by atoms with Crippen LogP contribution in [-0.2, 0) is 12.7 Å². The highest BCUT2D eigenvalue weighted by molar-refractivity contribution is 5.76. The first-order chi connectivity index (χ1) is 13.3. The SMILES string of the molecule is CN(C)c1ccc(CN2CCC(c3nc4ccc(C(F)(F)F)cc4[nH]3)C2)cc1. The predicted octanol–water partition coefficient (Wildman–Crippen LogP) is 4.64. The molecule has 1 unspecified atom stereocenters. The van der Waals surface area contributed by atoms with Gasteiger partial charge in [-0.15, -0.1) is 0 Å². The van der Waals surface area contributed by atoms with Gasteiger partial charge < -0.3 is 9.88 Å². The lowest BCUT2D eigenvalue weighted by atomic mass is 10.1. The number of H-pyrrole nitrogens is 1. The summed E-state index contributed by atoms with van der Waals surface area (Å²) in [6, 6.07) is 12.2. The standard InChI is InChI=1S/C21H23F3N4/c1-27(2)17-6-3-14(4-7-17)12-28-10-9-15(13-28)20-25-18-8-5-16(21(22,23)24)11-19(18)26-20/h3-8,11,15H,9-10,12-13H2,1-2H3,(H,25,26). The van der Waals surface area contributed by atoms with E-state index in [4.69, 9.17) is 0 Å². The van der Waals surface area contributed by atoms with Crippen LogP contribution in [-0.4, -0.2) is 42.1 Å². The summed E-state index contributed by atoms with van der Waals surface area (Å²) in [7, 11) is 4.04. The molecule has 0 aliphatic carbocycles. The molecule has 1 atom stereocenters. The summed E-state index contributed by atoms with van der Waals surface area (Å²) in [5.41, 5.74) is 2.81. The summed E-state index contributed by atoms with van der Waals surface area (Å²) in [4.78, 5) is 12.1. The quantitative estimate of drug-likeness (QED) is 0.707. The first kappa shape index (κ1) is 18.8. The molecule has 4 nitrogen and oxygen atoms in total. The fourth-order valence-corrected chi connectivity index (χ4v) is 3.76. The van der Waals surface area contributed by atoms with Gasteiger partial charge in [-0.05, 0) is 48.9 Å². The Kier molecular flexibility index (Phi) is 4.79. The van der Waals surface area contributed by atoms with Crippen LogP contribution in [0, 0.1) is 0 Å². The molecule has 2 heterocycles. The molecule has 1 aliphatic heterocycles. The number of likely N-dealkylation sites (tertiary alicyclic amines) is 1. The second-order valence-corrected chi connectivity index (χ2v) is 7.63. The molecule has 0 saturated carbocycles. The van der Waals surface area contributed by atoms with E-state index in [9.17, 15) is 13.2 Å². The van der Waals surface area contributed by atoms with E-state index < -0.39 is 11.7 Å². The minimum absolute atomic E-state index is 0.211. The van der Waals surface area contributed by atoms with Gasteiger partial charge in [0.15, 0.2) is 0 Å². The van der Waals surface area contributed by atoms with Gasteiger partial charge >= 0.3 is 6.18 Å². The summed E-state index contributed by atoms with van der Waals surface area (Å²) in [6.07, 6.45) is -3.40. The summed E-state index contributed by atoms with van der Waals surface area (Å²) in [6.45, 7) is 2.66. The number of benzene rings is 2. The third-order valence-corrected chi connectivity index (χ3v) is 5.35. The van der Waals surface area contributed by atoms with Crippen molar-refractivity contribution in [2.75, 3.05) is 32.1 Å². The molecule has 2 aromatic carbocycles. The van der Waals surface area contributed by atoms with Gasteiger partial charge in [0.2, 0.25) is 0 Å². The zero-order chi connectivity index (χ0) is 19.9. The molecule has 1 saturated heterocycles. The van der Waals surface area contributed by atoms with Gasteiger partial charge in [-0.1, -0.05) is 12.1 Å². The van der Waals surface area contributed by atoms with Crippen molar-refractivity contribution in [3.8, 4) is 0 Å². The number of nitrogens with one attached hydrogen (secondary N) is 1. The highest BCUT2D eigenvalue weighted by atomic mass is 19.4. The molecule has 3 aromatic rings. The Morgan fingerprint density at radius 1 is 1.14 bits per heavy atom. The summed E-state index contributed by atoms with van der Waals surface area (Å²) >= 11 is 0. The number of halogens is 3. The molecule has 7 heteroatoms. The van der Waals surface area contributed by atoms with Crippen LogP contribution in [0.4, 0.5) is 18.9 Å². The summed E-state index contributed by atoms with van der Waals surface area (Å²) in [5.74, 6) is 0.988. The van der Waals surface area contributed by atoms with E-state index in [0.29, 0.717) is 11.0 Å². The Bertz CT molecular complexity index is 960. The monoisotopic (exact) mass is 388 g/mol. The Morgan fingerprint density at radius 3 is 2.57 bits per heavy atom. The van der Waals surface area contributed by atoms with Crippen molar-refractivity contribution < 1.29 is 13.2 Å². The van der Waals surface area contributed by atoms with Crippen LogP contribution in [0.2, 0.25) is 0 Å². The third kappa shape index (κ3) is 3.85. The molecule has 0 radical (unpaired) electrons. The minimum atomic E-state index is -4.34. The van der Waals surface area contributed by atoms with Gasteiger partial charge in [-0.25, -0.2) is 4.98 Å². The number of aromatic amines is 1. The number of aromatic nitrogens is 2. The number of hydrogen-bond donors (Lipinski definition) is 1. The van der Waals surface area contributed by atoms with Crippen LogP contribution in [0.1, 0.15) is 29.3 Å². The van der Waals surface area contributed by atoms with Crippen molar-refractivity contribution >= 4 is 16.7 Å². The van der Waals surface area contributed by atoms with E-state index in [2.05, 4.69) is 44.0 Å². The molecular weight excluding hydrogens is 365 g/mol. The fourth-order valence-electron chi connectivity index (χ4n) is 3.76. The highest BCUT2D eigenvalue weighted by Gasteiger charge is 2.31. The van der Waals surface area contributed by atoms with Crippen LogP contribution in [0.5, 0.6) is 0 Å². The average Bonchev–Trinajstić information content (AvgIpc) is 3.27. The maximum absolute atomic E-state index is 12.9. The maximum Gasteiger partial charge on any atom is 0.416 e. The smallest absolute Gasteiger partial charge is 0.378 e. The van der Waals surface area contributed by atoms with E-state index in [1.54, 1.807) is 0 Å². The van der Waals surface area contributed by atoms with Crippen LogP contribution in [0.3, 0.4) is 0 Å². The van der Waals surface area contributed by atoms with E-state index in [0.717, 1.165) is 44.0 Å². The van der Waals surface area contributed by atoms with Crippen LogP contribution in [0.15, 0.2) is 42.5 Å². The number of rotatable bonds is 4.